The molecule has 0 unspecified atom stereocenters. The number of non-ortho nitro benzene ring substituents is 1. The zero-order valence-electron chi connectivity index (χ0n) is 12.3. The van der Waals surface area contributed by atoms with Crippen molar-refractivity contribution in [3.8, 4) is 5.75 Å². The molecular weight excluding hydrogens is 342 g/mol. The van der Waals surface area contributed by atoms with Gasteiger partial charge in [-0.25, -0.2) is 4.79 Å². The number of hydrogen-bond acceptors (Lipinski definition) is 5. The molecule has 0 spiro atoms. The van der Waals surface area contributed by atoms with Crippen LogP contribution < -0.4 is 15.4 Å². The van der Waals surface area contributed by atoms with Crippen LogP contribution in [0, 0.1) is 10.1 Å². The number of thiophene rings is 1. The molecule has 0 saturated heterocycles. The van der Waals surface area contributed by atoms with Gasteiger partial charge in [0.1, 0.15) is 5.75 Å². The molecule has 1 atom stereocenters. The second kappa shape index (κ2) is 7.30. The van der Waals surface area contributed by atoms with E-state index in [2.05, 4.69) is 10.6 Å². The molecule has 2 N–H and O–H groups in total. The number of methoxy groups -OCH3 is 1. The first kappa shape index (κ1) is 17.0. The van der Waals surface area contributed by atoms with E-state index in [0.717, 1.165) is 4.88 Å². The zero-order valence-corrected chi connectivity index (χ0v) is 13.9. The summed E-state index contributed by atoms with van der Waals surface area (Å²) in [5.74, 6) is 0.209. The largest absolute Gasteiger partial charge is 0.494 e. The summed E-state index contributed by atoms with van der Waals surface area (Å²) in [7, 11) is 1.37. The van der Waals surface area contributed by atoms with Crippen molar-refractivity contribution in [3.05, 3.63) is 49.7 Å². The number of nitrogens with zero attached hydrogens (tertiary/aromatic N) is 1. The van der Waals surface area contributed by atoms with Gasteiger partial charge in [0, 0.05) is 10.9 Å². The second-order valence-electron chi connectivity index (χ2n) is 4.60. The van der Waals surface area contributed by atoms with Gasteiger partial charge in [0.25, 0.3) is 5.69 Å². The number of ether oxygens (including phenoxy) is 1. The number of halogens is 1. The van der Waals surface area contributed by atoms with E-state index in [9.17, 15) is 14.9 Å². The van der Waals surface area contributed by atoms with Crippen LogP contribution in [-0.4, -0.2) is 18.1 Å². The fraction of sp³-hybridized carbons (Fsp3) is 0.214. The number of hydrogen-bond donors (Lipinski definition) is 2. The molecule has 1 aromatic heterocycles. The lowest BCUT2D eigenvalue weighted by atomic mass is 10.2. The van der Waals surface area contributed by atoms with Gasteiger partial charge in [0.05, 0.1) is 34.2 Å². The maximum absolute atomic E-state index is 12.0. The van der Waals surface area contributed by atoms with Crippen LogP contribution >= 0.6 is 22.9 Å². The van der Waals surface area contributed by atoms with Crippen molar-refractivity contribution in [2.75, 3.05) is 12.4 Å². The average Bonchev–Trinajstić information content (AvgIpc) is 2.94. The highest BCUT2D eigenvalue weighted by Crippen LogP contribution is 2.29. The summed E-state index contributed by atoms with van der Waals surface area (Å²) >= 11 is 7.25. The topological polar surface area (TPSA) is 93.5 Å². The maximum atomic E-state index is 12.0. The lowest BCUT2D eigenvalue weighted by Crippen LogP contribution is -2.30. The second-order valence-corrected chi connectivity index (χ2v) is 6.35. The van der Waals surface area contributed by atoms with Crippen LogP contribution in [0.5, 0.6) is 5.75 Å². The summed E-state index contributed by atoms with van der Waals surface area (Å²) in [6.07, 6.45) is 0. The van der Waals surface area contributed by atoms with Crippen molar-refractivity contribution in [2.45, 2.75) is 13.0 Å². The number of nitrogens with one attached hydrogen (secondary N) is 2. The predicted octanol–water partition coefficient (Wildman–Crippen LogP) is 4.20. The van der Waals surface area contributed by atoms with Crippen LogP contribution in [0.15, 0.2) is 30.3 Å². The smallest absolute Gasteiger partial charge is 0.319 e. The summed E-state index contributed by atoms with van der Waals surface area (Å²) in [5.41, 5.74) is 0.224. The Morgan fingerprint density at radius 1 is 1.39 bits per heavy atom. The molecule has 0 aliphatic heterocycles. The van der Waals surface area contributed by atoms with Gasteiger partial charge in [-0.05, 0) is 25.1 Å². The molecule has 0 bridgehead atoms. The molecular formula is C14H14ClN3O4S. The Hall–Kier alpha value is -2.32. The number of nitro groups is 1. The number of carbonyl (C=O) groups excluding carboxylic acids is 1. The molecule has 7 nitrogen and oxygen atoms in total. The normalized spacial score (nSPS) is 11.6. The van der Waals surface area contributed by atoms with E-state index in [1.807, 2.05) is 13.0 Å². The van der Waals surface area contributed by atoms with Crippen molar-refractivity contribution < 1.29 is 14.5 Å². The molecule has 0 fully saturated rings. The highest BCUT2D eigenvalue weighted by molar-refractivity contribution is 7.16. The summed E-state index contributed by atoms with van der Waals surface area (Å²) < 4.78 is 5.71. The molecule has 122 valence electrons. The number of benzene rings is 1. The van der Waals surface area contributed by atoms with Gasteiger partial charge in [-0.1, -0.05) is 11.6 Å². The van der Waals surface area contributed by atoms with Crippen LogP contribution in [0.1, 0.15) is 17.8 Å². The molecule has 0 aliphatic rings. The van der Waals surface area contributed by atoms with E-state index in [1.165, 1.54) is 36.6 Å². The monoisotopic (exact) mass is 355 g/mol. The Kier molecular flexibility index (Phi) is 5.41. The Balaban J connectivity index is 2.06. The van der Waals surface area contributed by atoms with Crippen molar-refractivity contribution >= 4 is 40.3 Å². The van der Waals surface area contributed by atoms with Crippen molar-refractivity contribution in [3.63, 3.8) is 0 Å². The van der Waals surface area contributed by atoms with E-state index in [4.69, 9.17) is 16.3 Å². The number of urea groups is 1. The maximum Gasteiger partial charge on any atom is 0.319 e. The van der Waals surface area contributed by atoms with Gasteiger partial charge in [-0.3, -0.25) is 10.1 Å². The molecule has 0 radical (unpaired) electrons. The molecule has 2 aromatic rings. The fourth-order valence-electron chi connectivity index (χ4n) is 1.88. The highest BCUT2D eigenvalue weighted by Gasteiger charge is 2.15. The number of amides is 2. The van der Waals surface area contributed by atoms with Crippen molar-refractivity contribution in [1.82, 2.24) is 5.32 Å². The standard InChI is InChI=1S/C14H14ClN3O4S/c1-8(12-5-6-13(15)23-12)16-14(19)17-10-4-3-9(18(20)21)7-11(10)22-2/h3-8H,1-2H3,(H2,16,17,19)/t8-/m0/s1. The van der Waals surface area contributed by atoms with Gasteiger partial charge < -0.3 is 15.4 Å². The van der Waals surface area contributed by atoms with Gasteiger partial charge >= 0.3 is 6.03 Å². The fourth-order valence-corrected chi connectivity index (χ4v) is 2.95. The van der Waals surface area contributed by atoms with E-state index >= 15 is 0 Å². The number of carbonyl (C=O) groups is 1. The average molecular weight is 356 g/mol. The third kappa shape index (κ3) is 4.33. The Bertz CT molecular complexity index is 735. The third-order valence-corrected chi connectivity index (χ3v) is 4.43. The van der Waals surface area contributed by atoms with Gasteiger partial charge in [0.15, 0.2) is 0 Å². The van der Waals surface area contributed by atoms with E-state index in [0.29, 0.717) is 10.0 Å². The number of nitro benzene ring substituents is 1. The summed E-state index contributed by atoms with van der Waals surface area (Å²) in [4.78, 5) is 23.2. The molecule has 2 amide bonds. The Morgan fingerprint density at radius 2 is 2.13 bits per heavy atom. The number of rotatable bonds is 5. The molecule has 1 heterocycles. The van der Waals surface area contributed by atoms with Gasteiger partial charge in [-0.15, -0.1) is 11.3 Å². The first-order chi connectivity index (χ1) is 10.9. The van der Waals surface area contributed by atoms with Crippen molar-refractivity contribution in [2.24, 2.45) is 0 Å². The summed E-state index contributed by atoms with van der Waals surface area (Å²) in [5, 5.41) is 16.1. The molecule has 9 heteroatoms. The lowest BCUT2D eigenvalue weighted by Gasteiger charge is -2.14. The highest BCUT2D eigenvalue weighted by atomic mass is 35.5. The van der Waals surface area contributed by atoms with E-state index < -0.39 is 11.0 Å². The van der Waals surface area contributed by atoms with Crippen LogP contribution in [0.2, 0.25) is 4.34 Å². The molecule has 1 aromatic carbocycles. The zero-order chi connectivity index (χ0) is 17.0. The first-order valence-corrected chi connectivity index (χ1v) is 7.75. The predicted molar refractivity (Wildman–Crippen MR) is 89.5 cm³/mol. The quantitative estimate of drug-likeness (QED) is 0.620. The minimum absolute atomic E-state index is 0.116. The molecule has 2 rings (SSSR count). The van der Waals surface area contributed by atoms with Crippen LogP contribution in [0.3, 0.4) is 0 Å². The van der Waals surface area contributed by atoms with Crippen LogP contribution in [0.4, 0.5) is 16.2 Å². The van der Waals surface area contributed by atoms with Crippen LogP contribution in [-0.2, 0) is 0 Å². The first-order valence-electron chi connectivity index (χ1n) is 6.56. The van der Waals surface area contributed by atoms with Crippen LogP contribution in [0.25, 0.3) is 0 Å². The SMILES string of the molecule is COc1cc([N+](=O)[O-])ccc1NC(=O)N[C@@H](C)c1ccc(Cl)s1. The third-order valence-electron chi connectivity index (χ3n) is 3.01. The van der Waals surface area contributed by atoms with Gasteiger partial charge in [-0.2, -0.15) is 0 Å². The Labute approximate surface area is 141 Å². The van der Waals surface area contributed by atoms with Gasteiger partial charge in [0.2, 0.25) is 0 Å². The van der Waals surface area contributed by atoms with E-state index in [-0.39, 0.29) is 17.5 Å². The van der Waals surface area contributed by atoms with E-state index in [1.54, 1.807) is 6.07 Å². The Morgan fingerprint density at radius 3 is 2.70 bits per heavy atom. The summed E-state index contributed by atoms with van der Waals surface area (Å²) in [6.45, 7) is 1.83. The lowest BCUT2D eigenvalue weighted by molar-refractivity contribution is -0.384. The number of anilines is 1. The minimum Gasteiger partial charge on any atom is -0.494 e. The molecule has 0 saturated carbocycles. The van der Waals surface area contributed by atoms with Crippen molar-refractivity contribution in [1.29, 1.82) is 0 Å². The summed E-state index contributed by atoms with van der Waals surface area (Å²) in [6, 6.07) is 6.88. The molecule has 23 heavy (non-hydrogen) atoms. The minimum atomic E-state index is -0.533. The molecule has 0 aliphatic carbocycles.